The maximum absolute atomic E-state index is 12.0. The molecular formula is C19H24N4O3S. The van der Waals surface area contributed by atoms with Crippen molar-refractivity contribution in [2.45, 2.75) is 6.54 Å². The van der Waals surface area contributed by atoms with Gasteiger partial charge in [-0.25, -0.2) is 4.79 Å². The second-order valence-electron chi connectivity index (χ2n) is 6.27. The Morgan fingerprint density at radius 3 is 2.48 bits per heavy atom. The van der Waals surface area contributed by atoms with Crippen LogP contribution in [-0.4, -0.2) is 56.7 Å². The Labute approximate surface area is 162 Å². The number of ether oxygens (including phenoxy) is 1. The van der Waals surface area contributed by atoms with Crippen LogP contribution in [0.15, 0.2) is 41.8 Å². The molecule has 1 aliphatic rings. The molecule has 27 heavy (non-hydrogen) atoms. The van der Waals surface area contributed by atoms with E-state index in [1.54, 1.807) is 11.3 Å². The van der Waals surface area contributed by atoms with Crippen LogP contribution in [0, 0.1) is 0 Å². The minimum atomic E-state index is -0.215. The summed E-state index contributed by atoms with van der Waals surface area (Å²) in [6.07, 6.45) is 0. The summed E-state index contributed by atoms with van der Waals surface area (Å²) in [6, 6.07) is 11.6. The molecule has 0 radical (unpaired) electrons. The third kappa shape index (κ3) is 5.70. The number of carbonyl (C=O) groups excluding carboxylic acids is 2. The molecule has 0 aliphatic carbocycles. The summed E-state index contributed by atoms with van der Waals surface area (Å²) in [6.45, 7) is 4.21. The molecule has 1 fully saturated rings. The number of rotatable bonds is 6. The smallest absolute Gasteiger partial charge is 0.319 e. The number of anilines is 2. The third-order valence-corrected chi connectivity index (χ3v) is 5.32. The minimum Gasteiger partial charge on any atom is -0.468 e. The highest BCUT2D eigenvalue weighted by atomic mass is 32.1. The zero-order valence-electron chi connectivity index (χ0n) is 15.3. The molecule has 0 atom stereocenters. The molecule has 1 saturated heterocycles. The third-order valence-electron chi connectivity index (χ3n) is 4.45. The van der Waals surface area contributed by atoms with Crippen LogP contribution in [0.5, 0.6) is 0 Å². The molecule has 0 saturated carbocycles. The number of nitrogens with one attached hydrogen (secondary N) is 2. The van der Waals surface area contributed by atoms with E-state index < -0.39 is 0 Å². The average Bonchev–Trinajstić information content (AvgIpc) is 3.21. The van der Waals surface area contributed by atoms with E-state index in [0.29, 0.717) is 13.1 Å². The number of nitrogens with zero attached hydrogens (tertiary/aromatic N) is 2. The van der Waals surface area contributed by atoms with Gasteiger partial charge in [-0.15, -0.1) is 11.3 Å². The molecule has 0 spiro atoms. The van der Waals surface area contributed by atoms with E-state index in [9.17, 15) is 9.59 Å². The Bertz CT molecular complexity index is 741. The van der Waals surface area contributed by atoms with Gasteiger partial charge in [-0.1, -0.05) is 6.07 Å². The van der Waals surface area contributed by atoms with Gasteiger partial charge < -0.3 is 20.3 Å². The summed E-state index contributed by atoms with van der Waals surface area (Å²) in [4.78, 5) is 28.8. The van der Waals surface area contributed by atoms with Gasteiger partial charge in [0.25, 0.3) is 0 Å². The van der Waals surface area contributed by atoms with Gasteiger partial charge in [0.2, 0.25) is 0 Å². The van der Waals surface area contributed by atoms with Crippen LogP contribution in [0.3, 0.4) is 0 Å². The van der Waals surface area contributed by atoms with Crippen molar-refractivity contribution in [1.82, 2.24) is 10.2 Å². The van der Waals surface area contributed by atoms with Gasteiger partial charge in [0.15, 0.2) is 0 Å². The quantitative estimate of drug-likeness (QED) is 0.743. The van der Waals surface area contributed by atoms with E-state index in [2.05, 4.69) is 20.4 Å². The number of esters is 1. The highest BCUT2D eigenvalue weighted by molar-refractivity contribution is 7.09. The van der Waals surface area contributed by atoms with Crippen LogP contribution >= 0.6 is 11.3 Å². The number of hydrogen-bond donors (Lipinski definition) is 2. The molecule has 2 N–H and O–H groups in total. The SMILES string of the molecule is COC(=O)CN1CCN(c2ccc(NC(=O)NCc3cccs3)cc2)CC1. The van der Waals surface area contributed by atoms with E-state index in [-0.39, 0.29) is 12.0 Å². The van der Waals surface area contributed by atoms with Crippen LogP contribution in [0.25, 0.3) is 0 Å². The first-order valence-corrected chi connectivity index (χ1v) is 9.73. The number of carbonyl (C=O) groups is 2. The molecule has 0 bridgehead atoms. The fourth-order valence-corrected chi connectivity index (χ4v) is 3.57. The lowest BCUT2D eigenvalue weighted by atomic mass is 10.2. The van der Waals surface area contributed by atoms with Crippen LogP contribution in [0.1, 0.15) is 4.88 Å². The van der Waals surface area contributed by atoms with E-state index in [0.717, 1.165) is 42.4 Å². The van der Waals surface area contributed by atoms with E-state index in [1.807, 2.05) is 41.8 Å². The molecular weight excluding hydrogens is 364 g/mol. The van der Waals surface area contributed by atoms with Crippen LogP contribution in [0.4, 0.5) is 16.2 Å². The van der Waals surface area contributed by atoms with E-state index in [4.69, 9.17) is 4.74 Å². The summed E-state index contributed by atoms with van der Waals surface area (Å²) in [7, 11) is 1.41. The first-order valence-electron chi connectivity index (χ1n) is 8.85. The van der Waals surface area contributed by atoms with Gasteiger partial charge in [-0.05, 0) is 35.7 Å². The van der Waals surface area contributed by atoms with Crippen molar-refractivity contribution in [3.05, 3.63) is 46.7 Å². The number of amides is 2. The second kappa shape index (κ2) is 9.38. The fraction of sp³-hybridized carbons (Fsp3) is 0.368. The predicted molar refractivity (Wildman–Crippen MR) is 107 cm³/mol. The Kier molecular flexibility index (Phi) is 6.67. The zero-order chi connectivity index (χ0) is 19.1. The van der Waals surface area contributed by atoms with Crippen LogP contribution in [-0.2, 0) is 16.1 Å². The van der Waals surface area contributed by atoms with Gasteiger partial charge >= 0.3 is 12.0 Å². The lowest BCUT2D eigenvalue weighted by Crippen LogP contribution is -2.48. The first kappa shape index (κ1) is 19.2. The fourth-order valence-electron chi connectivity index (χ4n) is 2.92. The molecule has 1 aromatic heterocycles. The van der Waals surface area contributed by atoms with Crippen molar-refractivity contribution >= 4 is 34.7 Å². The Balaban J connectivity index is 1.44. The highest BCUT2D eigenvalue weighted by Gasteiger charge is 2.19. The van der Waals surface area contributed by atoms with Crippen LogP contribution in [0.2, 0.25) is 0 Å². The molecule has 7 nitrogen and oxygen atoms in total. The Morgan fingerprint density at radius 1 is 1.11 bits per heavy atom. The van der Waals surface area contributed by atoms with Crippen molar-refractivity contribution in [3.63, 3.8) is 0 Å². The normalized spacial score (nSPS) is 14.6. The first-order chi connectivity index (χ1) is 13.1. The monoisotopic (exact) mass is 388 g/mol. The molecule has 2 amide bonds. The van der Waals surface area contributed by atoms with Crippen molar-refractivity contribution in [1.29, 1.82) is 0 Å². The number of methoxy groups -OCH3 is 1. The van der Waals surface area contributed by atoms with E-state index >= 15 is 0 Å². The molecule has 1 aliphatic heterocycles. The van der Waals surface area contributed by atoms with Crippen LogP contribution < -0.4 is 15.5 Å². The molecule has 2 heterocycles. The maximum Gasteiger partial charge on any atom is 0.319 e. The van der Waals surface area contributed by atoms with Crippen molar-refractivity contribution < 1.29 is 14.3 Å². The van der Waals surface area contributed by atoms with Gasteiger partial charge in [-0.3, -0.25) is 9.69 Å². The maximum atomic E-state index is 12.0. The van der Waals surface area contributed by atoms with Gasteiger partial charge in [0, 0.05) is 42.4 Å². The lowest BCUT2D eigenvalue weighted by Gasteiger charge is -2.35. The lowest BCUT2D eigenvalue weighted by molar-refractivity contribution is -0.142. The number of piperazine rings is 1. The summed E-state index contributed by atoms with van der Waals surface area (Å²) < 4.78 is 4.71. The molecule has 1 aromatic carbocycles. The van der Waals surface area contributed by atoms with Gasteiger partial charge in [-0.2, -0.15) is 0 Å². The molecule has 8 heteroatoms. The van der Waals surface area contributed by atoms with Gasteiger partial charge in [0.05, 0.1) is 20.2 Å². The molecule has 0 unspecified atom stereocenters. The zero-order valence-corrected chi connectivity index (χ0v) is 16.1. The van der Waals surface area contributed by atoms with Crippen molar-refractivity contribution in [2.24, 2.45) is 0 Å². The Morgan fingerprint density at radius 2 is 1.85 bits per heavy atom. The molecule has 144 valence electrons. The van der Waals surface area contributed by atoms with Crippen molar-refractivity contribution in [3.8, 4) is 0 Å². The van der Waals surface area contributed by atoms with Gasteiger partial charge in [0.1, 0.15) is 0 Å². The highest BCUT2D eigenvalue weighted by Crippen LogP contribution is 2.19. The Hall–Kier alpha value is -2.58. The topological polar surface area (TPSA) is 73.9 Å². The minimum absolute atomic E-state index is 0.198. The summed E-state index contributed by atoms with van der Waals surface area (Å²) in [5.74, 6) is -0.198. The predicted octanol–water partition coefficient (Wildman–Crippen LogP) is 2.36. The number of benzene rings is 1. The molecule has 2 aromatic rings. The number of hydrogen-bond acceptors (Lipinski definition) is 6. The van der Waals surface area contributed by atoms with E-state index in [1.165, 1.54) is 7.11 Å². The summed E-state index contributed by atoms with van der Waals surface area (Å²) >= 11 is 1.62. The largest absolute Gasteiger partial charge is 0.468 e. The molecule has 3 rings (SSSR count). The number of thiophene rings is 1. The average molecular weight is 388 g/mol. The standard InChI is InChI=1S/C19H24N4O3S/c1-26-18(24)14-22-8-10-23(11-9-22)16-6-4-15(5-7-16)21-19(25)20-13-17-3-2-12-27-17/h2-7,12H,8-11,13-14H2,1H3,(H2,20,21,25). The van der Waals surface area contributed by atoms with Crippen molar-refractivity contribution in [2.75, 3.05) is 50.1 Å². The second-order valence-corrected chi connectivity index (χ2v) is 7.31. The summed E-state index contributed by atoms with van der Waals surface area (Å²) in [5, 5.41) is 7.68. The summed E-state index contributed by atoms with van der Waals surface area (Å²) in [5.41, 5.74) is 1.86. The number of urea groups is 1.